The summed E-state index contributed by atoms with van der Waals surface area (Å²) in [5.74, 6) is -0.0498. The molecule has 1 aromatic heterocycles. The van der Waals surface area contributed by atoms with Crippen LogP contribution in [0, 0.1) is 0 Å². The van der Waals surface area contributed by atoms with E-state index in [-0.39, 0.29) is 11.9 Å². The smallest absolute Gasteiger partial charge is 0.254 e. The number of carbonyl (C=O) groups excluding carboxylic acids is 1. The Labute approximate surface area is 143 Å². The summed E-state index contributed by atoms with van der Waals surface area (Å²) in [7, 11) is 1.78. The van der Waals surface area contributed by atoms with Crippen molar-refractivity contribution in [2.75, 3.05) is 7.05 Å². The third-order valence-corrected chi connectivity index (χ3v) is 4.13. The lowest BCUT2D eigenvalue weighted by Crippen LogP contribution is -2.30. The first-order valence-electron chi connectivity index (χ1n) is 8.12. The highest BCUT2D eigenvalue weighted by atomic mass is 16.3. The number of rotatable bonds is 6. The molecule has 1 amide bonds. The summed E-state index contributed by atoms with van der Waals surface area (Å²) in [6, 6.07) is 9.26. The fourth-order valence-corrected chi connectivity index (χ4v) is 2.44. The molecule has 1 atom stereocenters. The lowest BCUT2D eigenvalue weighted by atomic mass is 9.97. The predicted octanol–water partition coefficient (Wildman–Crippen LogP) is 3.01. The molecule has 0 saturated heterocycles. The van der Waals surface area contributed by atoms with E-state index in [1.165, 1.54) is 6.33 Å². The molecule has 0 spiro atoms. The van der Waals surface area contributed by atoms with Crippen LogP contribution < -0.4 is 0 Å². The number of carbonyl (C=O) groups is 1. The maximum Gasteiger partial charge on any atom is 0.254 e. The lowest BCUT2D eigenvalue weighted by molar-refractivity contribution is 0.0714. The third kappa shape index (κ3) is 4.86. The first-order chi connectivity index (χ1) is 11.3. The van der Waals surface area contributed by atoms with Gasteiger partial charge in [-0.2, -0.15) is 0 Å². The van der Waals surface area contributed by atoms with Crippen LogP contribution in [-0.2, 0) is 6.42 Å². The molecule has 0 saturated carbocycles. The standard InChI is InChI=1S/C19H25N3O2/c1-14(17-9-11-20-13-21-17)22(4)18(23)16-7-5-6-15(12-16)8-10-19(2,3)24/h5-7,9,11-14,24H,8,10H2,1-4H3. The van der Waals surface area contributed by atoms with Gasteiger partial charge in [0.2, 0.25) is 0 Å². The topological polar surface area (TPSA) is 66.3 Å². The summed E-state index contributed by atoms with van der Waals surface area (Å²) in [6.45, 7) is 5.52. The molecule has 0 aliphatic carbocycles. The molecule has 0 fully saturated rings. The first-order valence-corrected chi connectivity index (χ1v) is 8.12. The second-order valence-electron chi connectivity index (χ2n) is 6.74. The molecule has 1 unspecified atom stereocenters. The largest absolute Gasteiger partial charge is 0.390 e. The molecule has 24 heavy (non-hydrogen) atoms. The molecule has 1 heterocycles. The van der Waals surface area contributed by atoms with Crippen LogP contribution >= 0.6 is 0 Å². The van der Waals surface area contributed by atoms with Crippen molar-refractivity contribution in [3.05, 3.63) is 59.7 Å². The van der Waals surface area contributed by atoms with E-state index in [1.807, 2.05) is 37.3 Å². The molecule has 0 aliphatic rings. The molecule has 0 bridgehead atoms. The minimum atomic E-state index is -0.710. The number of aryl methyl sites for hydroxylation is 1. The summed E-state index contributed by atoms with van der Waals surface area (Å²) in [5, 5.41) is 9.86. The SMILES string of the molecule is CC(c1ccncn1)N(C)C(=O)c1cccc(CCC(C)(C)O)c1. The molecule has 2 aromatic rings. The zero-order valence-electron chi connectivity index (χ0n) is 14.7. The minimum absolute atomic E-state index is 0.0498. The normalized spacial score (nSPS) is 12.7. The molecule has 0 aliphatic heterocycles. The van der Waals surface area contributed by atoms with Gasteiger partial charge in [-0.1, -0.05) is 12.1 Å². The Kier molecular flexibility index (Phi) is 5.67. The number of benzene rings is 1. The molecule has 0 radical (unpaired) electrons. The fourth-order valence-electron chi connectivity index (χ4n) is 2.44. The van der Waals surface area contributed by atoms with Crippen molar-refractivity contribution in [1.82, 2.24) is 14.9 Å². The van der Waals surface area contributed by atoms with Crippen LogP contribution in [0.5, 0.6) is 0 Å². The van der Waals surface area contributed by atoms with Crippen LogP contribution in [-0.4, -0.2) is 38.5 Å². The molecular formula is C19H25N3O2. The Balaban J connectivity index is 2.11. The van der Waals surface area contributed by atoms with Gasteiger partial charge in [0.15, 0.2) is 0 Å². The predicted molar refractivity (Wildman–Crippen MR) is 93.6 cm³/mol. The summed E-state index contributed by atoms with van der Waals surface area (Å²) >= 11 is 0. The molecule has 1 N–H and O–H groups in total. The van der Waals surface area contributed by atoms with E-state index in [1.54, 1.807) is 32.0 Å². The van der Waals surface area contributed by atoms with Crippen molar-refractivity contribution in [1.29, 1.82) is 0 Å². The summed E-state index contributed by atoms with van der Waals surface area (Å²) < 4.78 is 0. The van der Waals surface area contributed by atoms with Gasteiger partial charge < -0.3 is 10.0 Å². The summed E-state index contributed by atoms with van der Waals surface area (Å²) in [4.78, 5) is 22.5. The van der Waals surface area contributed by atoms with Crippen molar-refractivity contribution in [2.24, 2.45) is 0 Å². The van der Waals surface area contributed by atoms with Gasteiger partial charge in [0.05, 0.1) is 17.3 Å². The molecule has 5 nitrogen and oxygen atoms in total. The Bertz CT molecular complexity index is 681. The minimum Gasteiger partial charge on any atom is -0.390 e. The quantitative estimate of drug-likeness (QED) is 0.885. The van der Waals surface area contributed by atoms with Gasteiger partial charge in [-0.25, -0.2) is 9.97 Å². The van der Waals surface area contributed by atoms with E-state index >= 15 is 0 Å². The lowest BCUT2D eigenvalue weighted by Gasteiger charge is -2.24. The van der Waals surface area contributed by atoms with E-state index < -0.39 is 5.60 Å². The fraction of sp³-hybridized carbons (Fsp3) is 0.421. The molecule has 128 valence electrons. The van der Waals surface area contributed by atoms with E-state index in [0.717, 1.165) is 17.7 Å². The number of aromatic nitrogens is 2. The van der Waals surface area contributed by atoms with Crippen LogP contribution in [0.3, 0.4) is 0 Å². The van der Waals surface area contributed by atoms with Gasteiger partial charge in [0.25, 0.3) is 5.91 Å². The van der Waals surface area contributed by atoms with Gasteiger partial charge in [-0.05, 0) is 57.4 Å². The first kappa shape index (κ1) is 18.1. The zero-order chi connectivity index (χ0) is 17.7. The van der Waals surface area contributed by atoms with Crippen molar-refractivity contribution < 1.29 is 9.90 Å². The van der Waals surface area contributed by atoms with Crippen LogP contribution in [0.15, 0.2) is 42.9 Å². The number of nitrogens with zero attached hydrogens (tertiary/aromatic N) is 3. The van der Waals surface area contributed by atoms with Crippen molar-refractivity contribution in [3.63, 3.8) is 0 Å². The number of amides is 1. The highest BCUT2D eigenvalue weighted by molar-refractivity contribution is 5.94. The van der Waals surface area contributed by atoms with Gasteiger partial charge in [0, 0.05) is 18.8 Å². The molecular weight excluding hydrogens is 302 g/mol. The number of hydrogen-bond acceptors (Lipinski definition) is 4. The van der Waals surface area contributed by atoms with Crippen LogP contribution in [0.25, 0.3) is 0 Å². The van der Waals surface area contributed by atoms with E-state index in [9.17, 15) is 9.90 Å². The summed E-state index contributed by atoms with van der Waals surface area (Å²) in [5.41, 5.74) is 1.79. The van der Waals surface area contributed by atoms with Crippen LogP contribution in [0.1, 0.15) is 54.8 Å². The maximum atomic E-state index is 12.7. The van der Waals surface area contributed by atoms with Crippen LogP contribution in [0.2, 0.25) is 0 Å². The van der Waals surface area contributed by atoms with Gasteiger partial charge in [0.1, 0.15) is 6.33 Å². The molecule has 2 rings (SSSR count). The van der Waals surface area contributed by atoms with E-state index in [4.69, 9.17) is 0 Å². The van der Waals surface area contributed by atoms with E-state index in [2.05, 4.69) is 9.97 Å². The number of aliphatic hydroxyl groups is 1. The van der Waals surface area contributed by atoms with Gasteiger partial charge in [-0.3, -0.25) is 4.79 Å². The average molecular weight is 327 g/mol. The van der Waals surface area contributed by atoms with Gasteiger partial charge in [-0.15, -0.1) is 0 Å². The third-order valence-electron chi connectivity index (χ3n) is 4.13. The monoisotopic (exact) mass is 327 g/mol. The molecule has 5 heteroatoms. The summed E-state index contributed by atoms with van der Waals surface area (Å²) in [6.07, 6.45) is 4.55. The second kappa shape index (κ2) is 7.53. The average Bonchev–Trinajstić information content (AvgIpc) is 2.58. The van der Waals surface area contributed by atoms with Crippen molar-refractivity contribution in [3.8, 4) is 0 Å². The highest BCUT2D eigenvalue weighted by Crippen LogP contribution is 2.20. The number of hydrogen-bond donors (Lipinski definition) is 1. The highest BCUT2D eigenvalue weighted by Gasteiger charge is 2.20. The van der Waals surface area contributed by atoms with Gasteiger partial charge >= 0.3 is 0 Å². The Hall–Kier alpha value is -2.27. The maximum absolute atomic E-state index is 12.7. The van der Waals surface area contributed by atoms with Crippen molar-refractivity contribution in [2.45, 2.75) is 45.3 Å². The second-order valence-corrected chi connectivity index (χ2v) is 6.74. The Morgan fingerprint density at radius 3 is 2.71 bits per heavy atom. The van der Waals surface area contributed by atoms with Crippen LogP contribution in [0.4, 0.5) is 0 Å². The Morgan fingerprint density at radius 1 is 1.33 bits per heavy atom. The van der Waals surface area contributed by atoms with Crippen molar-refractivity contribution >= 4 is 5.91 Å². The zero-order valence-corrected chi connectivity index (χ0v) is 14.7. The van der Waals surface area contributed by atoms with E-state index in [0.29, 0.717) is 12.0 Å². The Morgan fingerprint density at radius 2 is 2.08 bits per heavy atom. The molecule has 1 aromatic carbocycles.